The van der Waals surface area contributed by atoms with Gasteiger partial charge in [0.15, 0.2) is 11.5 Å². The van der Waals surface area contributed by atoms with E-state index in [9.17, 15) is 4.79 Å². The molecular weight excluding hydrogens is 198 g/mol. The van der Waals surface area contributed by atoms with Gasteiger partial charge in [-0.15, -0.1) is 0 Å². The first kappa shape index (κ1) is 11.2. The molecule has 0 atom stereocenters. The topological polar surface area (TPSA) is 58.9 Å². The summed E-state index contributed by atoms with van der Waals surface area (Å²) in [5.41, 5.74) is 0.458. The van der Waals surface area contributed by atoms with E-state index in [0.29, 0.717) is 29.3 Å². The van der Waals surface area contributed by atoms with Gasteiger partial charge in [0.25, 0.3) is 0 Å². The fourth-order valence-electron chi connectivity index (χ4n) is 1.20. The zero-order chi connectivity index (χ0) is 11.3. The standard InChI is InChI=1S/C10H12NO4/c1-13-8-4-7(11-6-12)5-9(14-2)10(8)15-3/h4-6H,1-3H3. The highest BCUT2D eigenvalue weighted by molar-refractivity contribution is 5.66. The number of benzene rings is 1. The highest BCUT2D eigenvalue weighted by Gasteiger charge is 2.13. The molecule has 1 rings (SSSR count). The number of ether oxygens (including phenoxy) is 3. The minimum absolute atomic E-state index is 0.458. The number of carbonyl (C=O) groups is 1. The maximum atomic E-state index is 10.2. The van der Waals surface area contributed by atoms with Gasteiger partial charge in [0, 0.05) is 12.1 Å². The maximum absolute atomic E-state index is 10.2. The molecular formula is C10H12NO4. The fourth-order valence-corrected chi connectivity index (χ4v) is 1.20. The largest absolute Gasteiger partial charge is 0.493 e. The summed E-state index contributed by atoms with van der Waals surface area (Å²) in [5, 5.41) is 3.60. The van der Waals surface area contributed by atoms with Gasteiger partial charge in [-0.2, -0.15) is 0 Å². The molecule has 1 radical (unpaired) electrons. The molecule has 0 heterocycles. The number of hydrogen-bond acceptors (Lipinski definition) is 4. The molecule has 1 amide bonds. The van der Waals surface area contributed by atoms with Crippen LogP contribution in [-0.2, 0) is 4.79 Å². The summed E-state index contributed by atoms with van der Waals surface area (Å²) in [6.07, 6.45) is 0.459. The van der Waals surface area contributed by atoms with E-state index in [4.69, 9.17) is 14.2 Å². The van der Waals surface area contributed by atoms with Crippen LogP contribution in [0, 0.1) is 0 Å². The van der Waals surface area contributed by atoms with E-state index in [1.165, 1.54) is 21.3 Å². The number of rotatable bonds is 5. The molecule has 5 nitrogen and oxygen atoms in total. The van der Waals surface area contributed by atoms with Crippen molar-refractivity contribution < 1.29 is 19.0 Å². The van der Waals surface area contributed by atoms with Crippen LogP contribution in [-0.4, -0.2) is 27.7 Å². The van der Waals surface area contributed by atoms with Gasteiger partial charge < -0.3 is 14.2 Å². The van der Waals surface area contributed by atoms with Crippen molar-refractivity contribution in [2.75, 3.05) is 21.3 Å². The Kier molecular flexibility index (Phi) is 3.79. The summed E-state index contributed by atoms with van der Waals surface area (Å²) in [6, 6.07) is 3.19. The van der Waals surface area contributed by atoms with Crippen molar-refractivity contribution in [3.05, 3.63) is 12.1 Å². The summed E-state index contributed by atoms with van der Waals surface area (Å²) in [5.74, 6) is 1.42. The van der Waals surface area contributed by atoms with Crippen LogP contribution >= 0.6 is 0 Å². The Morgan fingerprint density at radius 1 is 1.07 bits per heavy atom. The lowest BCUT2D eigenvalue weighted by Gasteiger charge is -2.12. The van der Waals surface area contributed by atoms with Crippen molar-refractivity contribution in [1.29, 1.82) is 0 Å². The Morgan fingerprint density at radius 2 is 1.60 bits per heavy atom. The lowest BCUT2D eigenvalue weighted by molar-refractivity contribution is -0.108. The molecule has 0 aliphatic carbocycles. The van der Waals surface area contributed by atoms with Gasteiger partial charge in [-0.05, 0) is 0 Å². The van der Waals surface area contributed by atoms with E-state index in [2.05, 4.69) is 5.32 Å². The minimum atomic E-state index is 0.458. The highest BCUT2D eigenvalue weighted by Crippen LogP contribution is 2.39. The fraction of sp³-hybridized carbons (Fsp3) is 0.300. The average molecular weight is 210 g/mol. The molecule has 0 fully saturated rings. The third kappa shape index (κ3) is 2.31. The third-order valence-corrected chi connectivity index (χ3v) is 1.85. The number of amides is 1. The Morgan fingerprint density at radius 3 is 1.93 bits per heavy atom. The van der Waals surface area contributed by atoms with Crippen molar-refractivity contribution in [2.45, 2.75) is 0 Å². The predicted molar refractivity (Wildman–Crippen MR) is 54.0 cm³/mol. The first-order valence-corrected chi connectivity index (χ1v) is 4.21. The van der Waals surface area contributed by atoms with Crippen molar-refractivity contribution in [3.63, 3.8) is 0 Å². The molecule has 0 unspecified atom stereocenters. The number of hydrogen-bond donors (Lipinski definition) is 0. The smallest absolute Gasteiger partial charge is 0.233 e. The highest BCUT2D eigenvalue weighted by atomic mass is 16.5. The van der Waals surface area contributed by atoms with E-state index in [-0.39, 0.29) is 0 Å². The van der Waals surface area contributed by atoms with Crippen molar-refractivity contribution >= 4 is 12.1 Å². The molecule has 0 spiro atoms. The summed E-state index contributed by atoms with van der Waals surface area (Å²) in [6.45, 7) is 0. The molecule has 15 heavy (non-hydrogen) atoms. The second-order valence-corrected chi connectivity index (χ2v) is 2.62. The number of methoxy groups -OCH3 is 3. The van der Waals surface area contributed by atoms with Crippen LogP contribution in [0.2, 0.25) is 0 Å². The summed E-state index contributed by atoms with van der Waals surface area (Å²) in [4.78, 5) is 10.2. The van der Waals surface area contributed by atoms with Gasteiger partial charge >= 0.3 is 0 Å². The van der Waals surface area contributed by atoms with Gasteiger partial charge in [0.05, 0.1) is 27.0 Å². The second-order valence-electron chi connectivity index (χ2n) is 2.62. The maximum Gasteiger partial charge on any atom is 0.233 e. The minimum Gasteiger partial charge on any atom is -0.493 e. The Hall–Kier alpha value is -1.91. The first-order chi connectivity index (χ1) is 7.26. The zero-order valence-corrected chi connectivity index (χ0v) is 8.81. The summed E-state index contributed by atoms with van der Waals surface area (Å²) < 4.78 is 15.3. The molecule has 81 valence electrons. The van der Waals surface area contributed by atoms with Crippen LogP contribution in [0.4, 0.5) is 5.69 Å². The quantitative estimate of drug-likeness (QED) is 0.683. The van der Waals surface area contributed by atoms with Gasteiger partial charge in [0.1, 0.15) is 0 Å². The summed E-state index contributed by atoms with van der Waals surface area (Å²) >= 11 is 0. The van der Waals surface area contributed by atoms with Crippen molar-refractivity contribution in [1.82, 2.24) is 5.32 Å². The monoisotopic (exact) mass is 210 g/mol. The molecule has 0 aliphatic rings. The molecule has 0 saturated carbocycles. The first-order valence-electron chi connectivity index (χ1n) is 4.21. The lowest BCUT2D eigenvalue weighted by Crippen LogP contribution is -1.98. The third-order valence-electron chi connectivity index (χ3n) is 1.85. The van der Waals surface area contributed by atoms with E-state index in [1.807, 2.05) is 0 Å². The van der Waals surface area contributed by atoms with Crippen LogP contribution in [0.1, 0.15) is 0 Å². The predicted octanol–water partition coefficient (Wildman–Crippen LogP) is 1.10. The van der Waals surface area contributed by atoms with Gasteiger partial charge in [0.2, 0.25) is 12.2 Å². The lowest BCUT2D eigenvalue weighted by atomic mass is 10.2. The van der Waals surface area contributed by atoms with Gasteiger partial charge in [-0.3, -0.25) is 4.79 Å². The van der Waals surface area contributed by atoms with Gasteiger partial charge in [-0.1, -0.05) is 0 Å². The van der Waals surface area contributed by atoms with E-state index in [1.54, 1.807) is 12.1 Å². The van der Waals surface area contributed by atoms with E-state index < -0.39 is 0 Å². The van der Waals surface area contributed by atoms with Crippen LogP contribution in [0.3, 0.4) is 0 Å². The van der Waals surface area contributed by atoms with Crippen LogP contribution in [0.5, 0.6) is 17.2 Å². The van der Waals surface area contributed by atoms with Crippen LogP contribution in [0.15, 0.2) is 12.1 Å². The average Bonchev–Trinajstić information content (AvgIpc) is 2.28. The molecule has 0 aromatic heterocycles. The molecule has 1 aromatic carbocycles. The van der Waals surface area contributed by atoms with Crippen molar-refractivity contribution in [2.24, 2.45) is 0 Å². The SMILES string of the molecule is COc1cc([N]C=O)cc(OC)c1OC. The van der Waals surface area contributed by atoms with Crippen molar-refractivity contribution in [3.8, 4) is 17.2 Å². The van der Waals surface area contributed by atoms with E-state index in [0.717, 1.165) is 0 Å². The Labute approximate surface area is 87.9 Å². The molecule has 0 saturated heterocycles. The zero-order valence-electron chi connectivity index (χ0n) is 8.81. The summed E-state index contributed by atoms with van der Waals surface area (Å²) in [7, 11) is 4.51. The number of carbonyl (C=O) groups excluding carboxylic acids is 1. The Bertz CT molecular complexity index is 326. The molecule has 0 aliphatic heterocycles. The number of nitrogens with zero attached hydrogens (tertiary/aromatic N) is 1. The molecule has 0 bridgehead atoms. The van der Waals surface area contributed by atoms with Crippen LogP contribution < -0.4 is 19.5 Å². The normalized spacial score (nSPS) is 9.27. The van der Waals surface area contributed by atoms with Gasteiger partial charge in [-0.25, -0.2) is 5.32 Å². The molecule has 0 N–H and O–H groups in total. The second kappa shape index (κ2) is 5.09. The van der Waals surface area contributed by atoms with Crippen LogP contribution in [0.25, 0.3) is 0 Å². The molecule has 5 heteroatoms. The molecule has 1 aromatic rings. The Balaban J connectivity index is 3.22. The van der Waals surface area contributed by atoms with E-state index >= 15 is 0 Å².